The molecule has 1 fully saturated rings. The molecule has 0 amide bonds. The molecule has 2 aliphatic rings. The van der Waals surface area contributed by atoms with Gasteiger partial charge in [0.2, 0.25) is 10.0 Å². The molecule has 2 aromatic carbocycles. The summed E-state index contributed by atoms with van der Waals surface area (Å²) in [6, 6.07) is 10.8. The second-order valence-corrected chi connectivity index (χ2v) is 9.02. The van der Waals surface area contributed by atoms with E-state index in [1.807, 2.05) is 0 Å². The smallest absolute Gasteiger partial charge is 0.341 e. The summed E-state index contributed by atoms with van der Waals surface area (Å²) < 4.78 is 39.6. The van der Waals surface area contributed by atoms with Gasteiger partial charge in [0.05, 0.1) is 17.0 Å². The number of benzene rings is 2. The zero-order valence-electron chi connectivity index (χ0n) is 15.6. The maximum atomic E-state index is 12.9. The number of carbonyl (C=O) groups is 1. The normalized spacial score (nSPS) is 25.2. The van der Waals surface area contributed by atoms with Gasteiger partial charge in [-0.25, -0.2) is 17.9 Å². The summed E-state index contributed by atoms with van der Waals surface area (Å²) in [7, 11) is -3.85. The molecule has 0 radical (unpaired) electrons. The minimum absolute atomic E-state index is 0.130. The first-order chi connectivity index (χ1) is 13.8. The third kappa shape index (κ3) is 3.68. The minimum Gasteiger partial charge on any atom is -0.485 e. The van der Waals surface area contributed by atoms with Gasteiger partial charge in [-0.3, -0.25) is 0 Å². The van der Waals surface area contributed by atoms with E-state index in [2.05, 4.69) is 4.72 Å². The van der Waals surface area contributed by atoms with Crippen molar-refractivity contribution < 1.29 is 32.9 Å². The molecule has 1 aliphatic heterocycles. The number of carboxylic acids is 1. The second kappa shape index (κ2) is 7.33. The summed E-state index contributed by atoms with van der Waals surface area (Å²) in [6.45, 7) is 1.29. The fourth-order valence-electron chi connectivity index (χ4n) is 4.02. The number of fused-ring (bicyclic) bond motifs is 3. The fourth-order valence-corrected chi connectivity index (χ4v) is 5.42. The van der Waals surface area contributed by atoms with E-state index >= 15 is 0 Å². The molecule has 0 saturated heterocycles. The van der Waals surface area contributed by atoms with Gasteiger partial charge in [-0.2, -0.15) is 0 Å². The Bertz CT molecular complexity index is 1050. The minimum atomic E-state index is -3.85. The number of nitrogens with one attached hydrogen (secondary N) is 1. The molecular formula is C20H21NO7S. The van der Waals surface area contributed by atoms with Crippen LogP contribution >= 0.6 is 0 Å². The van der Waals surface area contributed by atoms with E-state index < -0.39 is 46.8 Å². The van der Waals surface area contributed by atoms with Crippen LogP contribution in [0.15, 0.2) is 47.4 Å². The molecule has 0 aromatic heterocycles. The van der Waals surface area contributed by atoms with E-state index in [-0.39, 0.29) is 17.1 Å². The van der Waals surface area contributed by atoms with Crippen molar-refractivity contribution in [1.29, 1.82) is 0 Å². The summed E-state index contributed by atoms with van der Waals surface area (Å²) in [5.74, 6) is -0.836. The van der Waals surface area contributed by atoms with Crippen LogP contribution in [0.4, 0.5) is 0 Å². The van der Waals surface area contributed by atoms with Crippen LogP contribution in [0.3, 0.4) is 0 Å². The summed E-state index contributed by atoms with van der Waals surface area (Å²) in [5, 5.41) is 19.4. The van der Waals surface area contributed by atoms with Crippen molar-refractivity contribution in [1.82, 2.24) is 4.72 Å². The standard InChI is InChI=1S/C20H21NO7S/c1-11-4-2-5-12(8-11)29(25,26)21-19-14(22)9-16-18(19)13-6-3-7-15(20(13)28-16)27-10-17(23)24/h2-8,14,16,18-19,21-22H,9-10H2,1H3,(H,23,24). The van der Waals surface area contributed by atoms with E-state index in [0.29, 0.717) is 11.3 Å². The molecule has 4 unspecified atom stereocenters. The number of ether oxygens (including phenoxy) is 2. The lowest BCUT2D eigenvalue weighted by molar-refractivity contribution is -0.139. The summed E-state index contributed by atoms with van der Waals surface area (Å²) in [4.78, 5) is 10.9. The van der Waals surface area contributed by atoms with Crippen molar-refractivity contribution in [3.63, 3.8) is 0 Å². The molecule has 3 N–H and O–H groups in total. The number of aliphatic carboxylic acids is 1. The zero-order valence-corrected chi connectivity index (χ0v) is 16.4. The molecule has 0 bridgehead atoms. The van der Waals surface area contributed by atoms with Crippen molar-refractivity contribution in [2.75, 3.05) is 6.61 Å². The van der Waals surface area contributed by atoms with E-state index in [1.165, 1.54) is 6.07 Å². The van der Waals surface area contributed by atoms with Gasteiger partial charge in [0.1, 0.15) is 6.10 Å². The zero-order chi connectivity index (χ0) is 20.8. The number of rotatable bonds is 6. The monoisotopic (exact) mass is 419 g/mol. The largest absolute Gasteiger partial charge is 0.485 e. The maximum Gasteiger partial charge on any atom is 0.341 e. The third-order valence-corrected chi connectivity index (χ3v) is 6.71. The summed E-state index contributed by atoms with van der Waals surface area (Å²) in [6.07, 6.45) is -1.10. The topological polar surface area (TPSA) is 122 Å². The Balaban J connectivity index is 1.63. The van der Waals surface area contributed by atoms with Crippen LogP contribution in [0.2, 0.25) is 0 Å². The lowest BCUT2D eigenvalue weighted by Gasteiger charge is -2.22. The van der Waals surface area contributed by atoms with Gasteiger partial charge in [-0.15, -0.1) is 0 Å². The predicted molar refractivity (Wildman–Crippen MR) is 103 cm³/mol. The Morgan fingerprint density at radius 3 is 2.76 bits per heavy atom. The molecule has 154 valence electrons. The molecule has 4 rings (SSSR count). The number of para-hydroxylation sites is 1. The predicted octanol–water partition coefficient (Wildman–Crippen LogP) is 1.41. The van der Waals surface area contributed by atoms with Gasteiger partial charge in [0, 0.05) is 17.9 Å². The molecule has 8 nitrogen and oxygen atoms in total. The highest BCUT2D eigenvalue weighted by atomic mass is 32.2. The lowest BCUT2D eigenvalue weighted by Crippen LogP contribution is -2.43. The van der Waals surface area contributed by atoms with Gasteiger partial charge in [0.15, 0.2) is 18.1 Å². The Kier molecular flexibility index (Phi) is 4.97. The van der Waals surface area contributed by atoms with Crippen LogP contribution in [-0.2, 0) is 14.8 Å². The summed E-state index contributed by atoms with van der Waals surface area (Å²) in [5.41, 5.74) is 1.50. The van der Waals surface area contributed by atoms with E-state index in [0.717, 1.165) is 5.56 Å². The number of hydrogen-bond acceptors (Lipinski definition) is 6. The van der Waals surface area contributed by atoms with Crippen molar-refractivity contribution in [3.05, 3.63) is 53.6 Å². The van der Waals surface area contributed by atoms with Crippen LogP contribution < -0.4 is 14.2 Å². The molecule has 1 saturated carbocycles. The van der Waals surface area contributed by atoms with Gasteiger partial charge in [-0.05, 0) is 30.7 Å². The Morgan fingerprint density at radius 1 is 1.28 bits per heavy atom. The highest BCUT2D eigenvalue weighted by molar-refractivity contribution is 7.89. The van der Waals surface area contributed by atoms with Crippen LogP contribution in [0, 0.1) is 6.92 Å². The molecule has 29 heavy (non-hydrogen) atoms. The lowest BCUT2D eigenvalue weighted by atomic mass is 9.94. The molecule has 2 aromatic rings. The Morgan fingerprint density at radius 2 is 2.03 bits per heavy atom. The maximum absolute atomic E-state index is 12.9. The van der Waals surface area contributed by atoms with Gasteiger partial charge < -0.3 is 19.7 Å². The van der Waals surface area contributed by atoms with Crippen molar-refractivity contribution >= 4 is 16.0 Å². The average Bonchev–Trinajstić information content (AvgIpc) is 3.16. The molecule has 1 aliphatic carbocycles. The molecule has 9 heteroatoms. The average molecular weight is 419 g/mol. The Hall–Kier alpha value is -2.62. The van der Waals surface area contributed by atoms with E-state index in [4.69, 9.17) is 14.6 Å². The van der Waals surface area contributed by atoms with Gasteiger partial charge >= 0.3 is 5.97 Å². The quantitative estimate of drug-likeness (QED) is 0.647. The third-order valence-electron chi connectivity index (χ3n) is 5.26. The second-order valence-electron chi connectivity index (χ2n) is 7.31. The number of sulfonamides is 1. The molecule has 4 atom stereocenters. The number of aryl methyl sites for hydroxylation is 1. The summed E-state index contributed by atoms with van der Waals surface area (Å²) >= 11 is 0. The first kappa shape index (κ1) is 19.7. The number of hydrogen-bond donors (Lipinski definition) is 3. The highest BCUT2D eigenvalue weighted by Crippen LogP contribution is 2.51. The molecule has 1 heterocycles. The van der Waals surface area contributed by atoms with Crippen molar-refractivity contribution in [3.8, 4) is 11.5 Å². The molecule has 0 spiro atoms. The van der Waals surface area contributed by atoms with Gasteiger partial charge in [-0.1, -0.05) is 24.3 Å². The van der Waals surface area contributed by atoms with E-state index in [1.54, 1.807) is 43.3 Å². The molecular weight excluding hydrogens is 398 g/mol. The fraction of sp³-hybridized carbons (Fsp3) is 0.350. The number of aliphatic hydroxyl groups is 1. The number of carboxylic acid groups (broad SMARTS) is 1. The van der Waals surface area contributed by atoms with Gasteiger partial charge in [0.25, 0.3) is 0 Å². The first-order valence-corrected chi connectivity index (χ1v) is 10.7. The van der Waals surface area contributed by atoms with Crippen molar-refractivity contribution in [2.24, 2.45) is 0 Å². The number of aliphatic hydroxyl groups excluding tert-OH is 1. The van der Waals surface area contributed by atoms with Crippen LogP contribution in [0.1, 0.15) is 23.5 Å². The first-order valence-electron chi connectivity index (χ1n) is 9.17. The van der Waals surface area contributed by atoms with Crippen LogP contribution in [0.5, 0.6) is 11.5 Å². The van der Waals surface area contributed by atoms with E-state index in [9.17, 15) is 18.3 Å². The Labute approximate surface area is 168 Å². The van der Waals surface area contributed by atoms with Crippen molar-refractivity contribution in [2.45, 2.75) is 42.4 Å². The SMILES string of the molecule is Cc1cccc(S(=O)(=O)NC2C(O)CC3Oc4c(OCC(=O)O)cccc4C32)c1. The van der Waals surface area contributed by atoms with Crippen LogP contribution in [-0.4, -0.2) is 49.5 Å². The highest BCUT2D eigenvalue weighted by Gasteiger charge is 2.51. The van der Waals surface area contributed by atoms with Crippen LogP contribution in [0.25, 0.3) is 0 Å².